The van der Waals surface area contributed by atoms with Gasteiger partial charge in [0, 0.05) is 28.5 Å². The molecule has 0 N–H and O–H groups in total. The van der Waals surface area contributed by atoms with Crippen molar-refractivity contribution in [2.24, 2.45) is 0 Å². The molecule has 3 rings (SSSR count). The van der Waals surface area contributed by atoms with E-state index in [-0.39, 0.29) is 5.69 Å². The molecule has 0 bridgehead atoms. The molecule has 7 heteroatoms. The molecule has 0 saturated heterocycles. The van der Waals surface area contributed by atoms with E-state index in [1.54, 1.807) is 18.3 Å². The molecule has 0 spiro atoms. The predicted octanol–water partition coefficient (Wildman–Crippen LogP) is 3.80. The minimum Gasteiger partial charge on any atom is -0.283 e. The number of rotatable bonds is 5. The van der Waals surface area contributed by atoms with Crippen LogP contribution in [-0.4, -0.2) is 26.7 Å². The van der Waals surface area contributed by atoms with Crippen LogP contribution < -0.4 is 0 Å². The van der Waals surface area contributed by atoms with Gasteiger partial charge in [-0.05, 0) is 30.8 Å². The fourth-order valence-electron chi connectivity index (χ4n) is 2.48. The molecule has 0 unspecified atom stereocenters. The molecule has 2 aromatic carbocycles. The molecule has 0 aliphatic carbocycles. The Morgan fingerprint density at radius 3 is 2.70 bits per heavy atom. The number of aromatic nitrogens is 2. The minimum absolute atomic E-state index is 0.0836. The Bertz CT molecular complexity index is 845. The van der Waals surface area contributed by atoms with Gasteiger partial charge in [0.05, 0.1) is 23.3 Å². The maximum Gasteiger partial charge on any atom is 0.270 e. The van der Waals surface area contributed by atoms with E-state index in [1.165, 1.54) is 11.6 Å². The second-order valence-corrected chi connectivity index (χ2v) is 6.34. The van der Waals surface area contributed by atoms with Gasteiger partial charge in [0.2, 0.25) is 0 Å². The highest BCUT2D eigenvalue weighted by atomic mass is 79.9. The highest BCUT2D eigenvalue weighted by Gasteiger charge is 2.11. The predicted molar refractivity (Wildman–Crippen MR) is 92.0 cm³/mol. The fraction of sp³-hybridized carbons (Fsp3) is 0.188. The molecular formula is C16H15BrN4O2. The Morgan fingerprint density at radius 2 is 2.00 bits per heavy atom. The lowest BCUT2D eigenvalue weighted by Crippen LogP contribution is -2.22. The van der Waals surface area contributed by atoms with Gasteiger partial charge in [-0.15, -0.1) is 0 Å². The first-order valence-corrected chi connectivity index (χ1v) is 7.85. The van der Waals surface area contributed by atoms with Crippen molar-refractivity contribution in [2.45, 2.75) is 13.2 Å². The number of hydrogen-bond donors (Lipinski definition) is 0. The van der Waals surface area contributed by atoms with Crippen LogP contribution >= 0.6 is 15.9 Å². The third kappa shape index (κ3) is 3.57. The fourth-order valence-corrected chi connectivity index (χ4v) is 2.75. The summed E-state index contributed by atoms with van der Waals surface area (Å²) in [7, 11) is 2.01. The van der Waals surface area contributed by atoms with E-state index in [2.05, 4.69) is 38.1 Å². The van der Waals surface area contributed by atoms with Crippen molar-refractivity contribution >= 4 is 32.5 Å². The van der Waals surface area contributed by atoms with Gasteiger partial charge in [-0.1, -0.05) is 28.1 Å². The lowest BCUT2D eigenvalue weighted by Gasteiger charge is -2.17. The van der Waals surface area contributed by atoms with Gasteiger partial charge >= 0.3 is 0 Å². The van der Waals surface area contributed by atoms with Gasteiger partial charge in [0.1, 0.15) is 0 Å². The Morgan fingerprint density at radius 1 is 1.26 bits per heavy atom. The van der Waals surface area contributed by atoms with Crippen LogP contribution in [0.5, 0.6) is 0 Å². The van der Waals surface area contributed by atoms with Crippen LogP contribution in [0.4, 0.5) is 5.69 Å². The molecule has 3 aromatic rings. The van der Waals surface area contributed by atoms with Crippen LogP contribution in [0.15, 0.2) is 53.1 Å². The van der Waals surface area contributed by atoms with E-state index in [1.807, 2.05) is 23.9 Å². The number of halogens is 1. The molecule has 0 radical (unpaired) electrons. The van der Waals surface area contributed by atoms with Crippen molar-refractivity contribution in [1.29, 1.82) is 0 Å². The Kier molecular flexibility index (Phi) is 4.40. The van der Waals surface area contributed by atoms with Crippen molar-refractivity contribution in [2.75, 3.05) is 7.05 Å². The zero-order valence-corrected chi connectivity index (χ0v) is 14.1. The summed E-state index contributed by atoms with van der Waals surface area (Å²) in [5, 5.41) is 15.9. The quantitative estimate of drug-likeness (QED) is 0.503. The summed E-state index contributed by atoms with van der Waals surface area (Å²) in [6.45, 7) is 1.40. The van der Waals surface area contributed by atoms with Gasteiger partial charge in [-0.3, -0.25) is 19.7 Å². The van der Waals surface area contributed by atoms with Crippen LogP contribution in [0, 0.1) is 10.1 Å². The van der Waals surface area contributed by atoms with Crippen LogP contribution in [0.3, 0.4) is 0 Å². The number of nitrogens with zero attached hydrogens (tertiary/aromatic N) is 4. The van der Waals surface area contributed by atoms with Crippen LogP contribution in [0.2, 0.25) is 0 Å². The number of fused-ring (bicyclic) bond motifs is 1. The van der Waals surface area contributed by atoms with Gasteiger partial charge < -0.3 is 0 Å². The van der Waals surface area contributed by atoms with Gasteiger partial charge in [-0.2, -0.15) is 5.10 Å². The topological polar surface area (TPSA) is 64.2 Å². The monoisotopic (exact) mass is 374 g/mol. The molecule has 0 atom stereocenters. The van der Waals surface area contributed by atoms with Crippen molar-refractivity contribution in [1.82, 2.24) is 14.7 Å². The SMILES string of the molecule is CN(Cc1ccc(Br)cc1)Cn1ncc2cc([N+](=O)[O-])ccc21. The molecule has 0 saturated carbocycles. The van der Waals surface area contributed by atoms with Crippen molar-refractivity contribution < 1.29 is 4.92 Å². The largest absolute Gasteiger partial charge is 0.283 e. The van der Waals surface area contributed by atoms with E-state index < -0.39 is 4.92 Å². The summed E-state index contributed by atoms with van der Waals surface area (Å²) in [5.41, 5.74) is 2.18. The maximum atomic E-state index is 10.8. The normalized spacial score (nSPS) is 11.3. The van der Waals surface area contributed by atoms with Gasteiger partial charge in [0.25, 0.3) is 5.69 Å². The van der Waals surface area contributed by atoms with Crippen molar-refractivity contribution in [3.8, 4) is 0 Å². The van der Waals surface area contributed by atoms with E-state index in [0.29, 0.717) is 6.67 Å². The number of hydrogen-bond acceptors (Lipinski definition) is 4. The molecule has 0 aliphatic heterocycles. The third-order valence-corrected chi connectivity index (χ3v) is 4.11. The van der Waals surface area contributed by atoms with Crippen molar-refractivity contribution in [3.63, 3.8) is 0 Å². The third-order valence-electron chi connectivity index (χ3n) is 3.58. The average Bonchev–Trinajstić information content (AvgIpc) is 2.92. The number of non-ortho nitro benzene ring substituents is 1. The van der Waals surface area contributed by atoms with Crippen molar-refractivity contribution in [3.05, 3.63) is 68.8 Å². The average molecular weight is 375 g/mol. The van der Waals surface area contributed by atoms with Crippen LogP contribution in [-0.2, 0) is 13.2 Å². The van der Waals surface area contributed by atoms with Gasteiger partial charge in [-0.25, -0.2) is 0 Å². The lowest BCUT2D eigenvalue weighted by atomic mass is 10.2. The first kappa shape index (κ1) is 15.6. The summed E-state index contributed by atoms with van der Waals surface area (Å²) >= 11 is 3.43. The summed E-state index contributed by atoms with van der Waals surface area (Å²) < 4.78 is 2.90. The first-order valence-electron chi connectivity index (χ1n) is 7.06. The molecule has 1 aromatic heterocycles. The smallest absolute Gasteiger partial charge is 0.270 e. The molecule has 23 heavy (non-hydrogen) atoms. The Balaban J connectivity index is 1.75. The molecular weight excluding hydrogens is 360 g/mol. The number of nitro groups is 1. The van der Waals surface area contributed by atoms with E-state index >= 15 is 0 Å². The molecule has 1 heterocycles. The maximum absolute atomic E-state index is 10.8. The zero-order chi connectivity index (χ0) is 16.4. The van der Waals surface area contributed by atoms with E-state index in [0.717, 1.165) is 21.9 Å². The Hall–Kier alpha value is -2.25. The number of nitro benzene ring substituents is 1. The van der Waals surface area contributed by atoms with E-state index in [9.17, 15) is 10.1 Å². The highest BCUT2D eigenvalue weighted by Crippen LogP contribution is 2.21. The summed E-state index contributed by atoms with van der Waals surface area (Å²) in [6, 6.07) is 13.0. The zero-order valence-electron chi connectivity index (χ0n) is 12.5. The molecule has 0 aliphatic rings. The summed E-state index contributed by atoms with van der Waals surface area (Å²) in [4.78, 5) is 12.6. The minimum atomic E-state index is -0.392. The van der Waals surface area contributed by atoms with Crippen LogP contribution in [0.25, 0.3) is 10.9 Å². The Labute approximate surface area is 141 Å². The lowest BCUT2D eigenvalue weighted by molar-refractivity contribution is -0.384. The standard InChI is InChI=1S/C16H15BrN4O2/c1-19(10-12-2-4-14(17)5-3-12)11-20-16-7-6-15(21(22)23)8-13(16)9-18-20/h2-9H,10-11H2,1H3. The van der Waals surface area contributed by atoms with E-state index in [4.69, 9.17) is 0 Å². The second kappa shape index (κ2) is 6.47. The second-order valence-electron chi connectivity index (χ2n) is 5.43. The number of benzene rings is 2. The van der Waals surface area contributed by atoms with Crippen LogP contribution in [0.1, 0.15) is 5.56 Å². The summed E-state index contributed by atoms with van der Waals surface area (Å²) in [6.07, 6.45) is 1.66. The first-order chi connectivity index (χ1) is 11.0. The molecule has 118 valence electrons. The molecule has 6 nitrogen and oxygen atoms in total. The highest BCUT2D eigenvalue weighted by molar-refractivity contribution is 9.10. The summed E-state index contributed by atoms with van der Waals surface area (Å²) in [5.74, 6) is 0. The molecule has 0 fully saturated rings. The van der Waals surface area contributed by atoms with Gasteiger partial charge in [0.15, 0.2) is 0 Å². The molecule has 0 amide bonds.